The van der Waals surface area contributed by atoms with Gasteiger partial charge in [0.2, 0.25) is 5.91 Å². The van der Waals surface area contributed by atoms with Gasteiger partial charge in [0.1, 0.15) is 0 Å². The number of carbonyl (C=O) groups excluding carboxylic acids is 2. The lowest BCUT2D eigenvalue weighted by molar-refractivity contribution is -0.125. The van der Waals surface area contributed by atoms with Crippen LogP contribution in [0.15, 0.2) is 12.7 Å². The molecule has 0 aliphatic carbocycles. The highest BCUT2D eigenvalue weighted by Crippen LogP contribution is 2.38. The number of rotatable bonds is 1. The molecular formula is C11H17N3O2. The van der Waals surface area contributed by atoms with E-state index in [0.717, 1.165) is 25.9 Å². The fraction of sp³-hybridized carbons (Fsp3) is 0.636. The number of nitrogens with one attached hydrogen (secondary N) is 1. The maximum absolute atomic E-state index is 11.6. The van der Waals surface area contributed by atoms with Crippen molar-refractivity contribution in [3.63, 3.8) is 0 Å². The average molecular weight is 223 g/mol. The van der Waals surface area contributed by atoms with E-state index in [1.54, 1.807) is 11.9 Å². The third-order valence-electron chi connectivity index (χ3n) is 3.65. The summed E-state index contributed by atoms with van der Waals surface area (Å²) in [5, 5.41) is 2.64. The molecular weight excluding hydrogens is 206 g/mol. The third-order valence-corrected chi connectivity index (χ3v) is 3.65. The fourth-order valence-electron chi connectivity index (χ4n) is 2.59. The summed E-state index contributed by atoms with van der Waals surface area (Å²) in [6.07, 6.45) is 3.20. The van der Waals surface area contributed by atoms with Crippen molar-refractivity contribution in [1.29, 1.82) is 0 Å². The van der Waals surface area contributed by atoms with E-state index < -0.39 is 0 Å². The quantitative estimate of drug-likeness (QED) is 0.645. The fourth-order valence-corrected chi connectivity index (χ4v) is 2.59. The Morgan fingerprint density at radius 3 is 2.56 bits per heavy atom. The van der Waals surface area contributed by atoms with Crippen LogP contribution in [0.3, 0.4) is 0 Å². The first-order chi connectivity index (χ1) is 7.63. The van der Waals surface area contributed by atoms with Crippen LogP contribution >= 0.6 is 0 Å². The molecule has 0 unspecified atom stereocenters. The predicted molar refractivity (Wildman–Crippen MR) is 59.9 cm³/mol. The minimum absolute atomic E-state index is 0.0411. The lowest BCUT2D eigenvalue weighted by Crippen LogP contribution is -2.65. The molecule has 3 amide bonds. The van der Waals surface area contributed by atoms with Crippen molar-refractivity contribution in [1.82, 2.24) is 15.1 Å². The topological polar surface area (TPSA) is 52.7 Å². The molecule has 0 saturated carbocycles. The van der Waals surface area contributed by atoms with Crippen molar-refractivity contribution in [2.75, 3.05) is 26.7 Å². The van der Waals surface area contributed by atoms with Gasteiger partial charge in [-0.1, -0.05) is 6.58 Å². The second kappa shape index (κ2) is 3.81. The molecule has 2 heterocycles. The summed E-state index contributed by atoms with van der Waals surface area (Å²) in [6, 6.07) is -0.0425. The first kappa shape index (κ1) is 11.0. The molecule has 0 radical (unpaired) electrons. The Hall–Kier alpha value is -1.52. The van der Waals surface area contributed by atoms with Crippen LogP contribution in [0, 0.1) is 0 Å². The molecule has 16 heavy (non-hydrogen) atoms. The van der Waals surface area contributed by atoms with Gasteiger partial charge >= 0.3 is 6.03 Å². The van der Waals surface area contributed by atoms with E-state index in [2.05, 4.69) is 11.9 Å². The van der Waals surface area contributed by atoms with E-state index in [0.29, 0.717) is 6.54 Å². The molecule has 2 fully saturated rings. The molecule has 1 N–H and O–H groups in total. The van der Waals surface area contributed by atoms with E-state index in [1.165, 1.54) is 6.08 Å². The Morgan fingerprint density at radius 1 is 1.38 bits per heavy atom. The second-order valence-corrected chi connectivity index (χ2v) is 4.40. The van der Waals surface area contributed by atoms with Crippen molar-refractivity contribution in [3.05, 3.63) is 12.7 Å². The Morgan fingerprint density at radius 2 is 2.06 bits per heavy atom. The molecule has 2 aliphatic heterocycles. The first-order valence-corrected chi connectivity index (χ1v) is 5.54. The monoisotopic (exact) mass is 223 g/mol. The summed E-state index contributed by atoms with van der Waals surface area (Å²) in [6.45, 7) is 5.64. The van der Waals surface area contributed by atoms with Gasteiger partial charge in [-0.3, -0.25) is 4.79 Å². The normalized spacial score (nSPS) is 27.8. The lowest BCUT2D eigenvalue weighted by atomic mass is 9.84. The minimum atomic E-state index is -0.112. The molecule has 0 bridgehead atoms. The Labute approximate surface area is 95.1 Å². The summed E-state index contributed by atoms with van der Waals surface area (Å²) in [5.74, 6) is -0.0411. The highest BCUT2D eigenvalue weighted by molar-refractivity contribution is 5.87. The average Bonchev–Trinajstić information content (AvgIpc) is 2.73. The summed E-state index contributed by atoms with van der Waals surface area (Å²) >= 11 is 0. The Balaban J connectivity index is 2.04. The summed E-state index contributed by atoms with van der Waals surface area (Å²) in [7, 11) is 1.63. The number of carbonyl (C=O) groups is 2. The van der Waals surface area contributed by atoms with Gasteiger partial charge in [-0.15, -0.1) is 0 Å². The van der Waals surface area contributed by atoms with Crippen molar-refractivity contribution in [2.24, 2.45) is 0 Å². The molecule has 2 rings (SSSR count). The van der Waals surface area contributed by atoms with E-state index in [1.807, 2.05) is 4.90 Å². The summed E-state index contributed by atoms with van der Waals surface area (Å²) in [4.78, 5) is 26.7. The van der Waals surface area contributed by atoms with Crippen molar-refractivity contribution < 1.29 is 9.59 Å². The molecule has 5 nitrogen and oxygen atoms in total. The van der Waals surface area contributed by atoms with Crippen LogP contribution in [0.2, 0.25) is 0 Å². The van der Waals surface area contributed by atoms with Gasteiger partial charge in [-0.25, -0.2) is 4.79 Å². The van der Waals surface area contributed by atoms with Crippen LogP contribution in [0.5, 0.6) is 0 Å². The summed E-state index contributed by atoms with van der Waals surface area (Å²) in [5.41, 5.74) is -0.112. The standard InChI is InChI=1S/C11H17N3O2/c1-3-9(15)13-6-4-11(8-13)5-7-14(11)10(16)12-2/h3H,1,4-8H2,2H3,(H,12,16)/t11-/m1/s1. The molecule has 88 valence electrons. The number of likely N-dealkylation sites (tertiary alicyclic amines) is 2. The zero-order valence-corrected chi connectivity index (χ0v) is 9.53. The molecule has 2 aliphatic rings. The van der Waals surface area contributed by atoms with Gasteiger partial charge in [0.15, 0.2) is 0 Å². The largest absolute Gasteiger partial charge is 0.341 e. The van der Waals surface area contributed by atoms with Crippen molar-refractivity contribution in [2.45, 2.75) is 18.4 Å². The molecule has 1 spiro atoms. The zero-order valence-electron chi connectivity index (χ0n) is 9.53. The van der Waals surface area contributed by atoms with Gasteiger partial charge in [0.25, 0.3) is 0 Å². The highest BCUT2D eigenvalue weighted by Gasteiger charge is 2.51. The zero-order chi connectivity index (χ0) is 11.8. The van der Waals surface area contributed by atoms with Crippen LogP contribution in [-0.2, 0) is 4.79 Å². The van der Waals surface area contributed by atoms with Gasteiger partial charge in [-0.2, -0.15) is 0 Å². The molecule has 0 aromatic carbocycles. The number of amides is 3. The SMILES string of the molecule is C=CC(=O)N1CC[C@@]2(CCN2C(=O)NC)C1. The van der Waals surface area contributed by atoms with Crippen molar-refractivity contribution in [3.8, 4) is 0 Å². The first-order valence-electron chi connectivity index (χ1n) is 5.54. The van der Waals surface area contributed by atoms with Crippen LogP contribution < -0.4 is 5.32 Å². The van der Waals surface area contributed by atoms with E-state index in [-0.39, 0.29) is 17.5 Å². The van der Waals surface area contributed by atoms with E-state index in [9.17, 15) is 9.59 Å². The lowest BCUT2D eigenvalue weighted by Gasteiger charge is -2.50. The second-order valence-electron chi connectivity index (χ2n) is 4.40. The van der Waals surface area contributed by atoms with Crippen molar-refractivity contribution >= 4 is 11.9 Å². The molecule has 0 aromatic heterocycles. The van der Waals surface area contributed by atoms with Gasteiger partial charge < -0.3 is 15.1 Å². The van der Waals surface area contributed by atoms with Gasteiger partial charge in [-0.05, 0) is 18.9 Å². The highest BCUT2D eigenvalue weighted by atomic mass is 16.2. The molecule has 5 heteroatoms. The predicted octanol–water partition coefficient (Wildman–Crippen LogP) is 0.189. The maximum Gasteiger partial charge on any atom is 0.317 e. The van der Waals surface area contributed by atoms with Crippen LogP contribution in [0.4, 0.5) is 4.79 Å². The summed E-state index contributed by atoms with van der Waals surface area (Å²) < 4.78 is 0. The molecule has 0 aromatic rings. The molecule has 1 atom stereocenters. The number of nitrogens with zero attached hydrogens (tertiary/aromatic N) is 2. The number of urea groups is 1. The van der Waals surface area contributed by atoms with Crippen LogP contribution in [-0.4, -0.2) is 54.0 Å². The van der Waals surface area contributed by atoms with Gasteiger partial charge in [0, 0.05) is 26.7 Å². The smallest absolute Gasteiger partial charge is 0.317 e. The third kappa shape index (κ3) is 1.47. The van der Waals surface area contributed by atoms with Crippen LogP contribution in [0.1, 0.15) is 12.8 Å². The minimum Gasteiger partial charge on any atom is -0.341 e. The molecule has 2 saturated heterocycles. The van der Waals surface area contributed by atoms with E-state index >= 15 is 0 Å². The van der Waals surface area contributed by atoms with Crippen LogP contribution in [0.25, 0.3) is 0 Å². The number of hydrogen-bond acceptors (Lipinski definition) is 2. The number of hydrogen-bond donors (Lipinski definition) is 1. The van der Waals surface area contributed by atoms with Gasteiger partial charge in [0.05, 0.1) is 5.54 Å². The Kier molecular flexibility index (Phi) is 2.61. The van der Waals surface area contributed by atoms with E-state index in [4.69, 9.17) is 0 Å². The Bertz CT molecular complexity index is 342. The maximum atomic E-state index is 11.6.